The van der Waals surface area contributed by atoms with Gasteiger partial charge in [0.05, 0.1) is 43.2 Å². The zero-order valence-corrected chi connectivity index (χ0v) is 26.1. The maximum Gasteiger partial charge on any atom is 0.175 e. The van der Waals surface area contributed by atoms with Crippen molar-refractivity contribution >= 4 is 46.2 Å². The van der Waals surface area contributed by atoms with Gasteiger partial charge in [0.1, 0.15) is 18.5 Å². The molecule has 1 aliphatic heterocycles. The number of allylic oxidation sites excluding steroid dienone is 1. The SMILES string of the molecule is O=C1C(c2ccc(OCc3ccccc3Cl)cc2)=COC2CC(OCc3ccccc3Cl)CC(OCc3ccccc3Cl)C12. The highest BCUT2D eigenvalue weighted by atomic mass is 35.5. The number of rotatable bonds is 10. The monoisotopic (exact) mass is 648 g/mol. The molecule has 0 bridgehead atoms. The Morgan fingerprint density at radius 3 is 1.80 bits per heavy atom. The predicted octanol–water partition coefficient (Wildman–Crippen LogP) is 9.12. The van der Waals surface area contributed by atoms with Crippen molar-refractivity contribution in [3.8, 4) is 5.75 Å². The molecule has 5 nitrogen and oxygen atoms in total. The van der Waals surface area contributed by atoms with E-state index in [9.17, 15) is 4.79 Å². The van der Waals surface area contributed by atoms with Crippen LogP contribution in [0.5, 0.6) is 5.75 Å². The van der Waals surface area contributed by atoms with Crippen molar-refractivity contribution < 1.29 is 23.7 Å². The standard InChI is InChI=1S/C36H31Cl3O5/c37-30-10-4-1-7-24(30)19-41-27-15-13-23(14-16-27)29-22-44-34-18-28(42-20-25-8-2-5-11-31(25)38)17-33(35(34)36(29)40)43-21-26-9-3-6-12-32(26)39/h1-16,22,28,33-35H,17-21H2. The number of ether oxygens (including phenoxy) is 4. The predicted molar refractivity (Wildman–Crippen MR) is 173 cm³/mol. The van der Waals surface area contributed by atoms with E-state index in [0.717, 1.165) is 22.3 Å². The van der Waals surface area contributed by atoms with Crippen molar-refractivity contribution in [2.75, 3.05) is 0 Å². The molecule has 1 saturated carbocycles. The molecule has 0 saturated heterocycles. The molecule has 0 spiro atoms. The van der Waals surface area contributed by atoms with Gasteiger partial charge < -0.3 is 18.9 Å². The third kappa shape index (κ3) is 7.14. The van der Waals surface area contributed by atoms with Gasteiger partial charge in [-0.15, -0.1) is 0 Å². The second kappa shape index (κ2) is 14.2. The van der Waals surface area contributed by atoms with Gasteiger partial charge in [-0.1, -0.05) is 102 Å². The molecule has 8 heteroatoms. The number of hydrogen-bond donors (Lipinski definition) is 0. The Morgan fingerprint density at radius 1 is 0.659 bits per heavy atom. The summed E-state index contributed by atoms with van der Waals surface area (Å²) in [5, 5.41) is 1.93. The van der Waals surface area contributed by atoms with Crippen molar-refractivity contribution in [2.24, 2.45) is 5.92 Å². The van der Waals surface area contributed by atoms with Gasteiger partial charge in [-0.25, -0.2) is 0 Å². The van der Waals surface area contributed by atoms with Gasteiger partial charge in [-0.3, -0.25) is 4.79 Å². The second-order valence-corrected chi connectivity index (χ2v) is 12.2. The molecule has 4 atom stereocenters. The lowest BCUT2D eigenvalue weighted by atomic mass is 9.75. The summed E-state index contributed by atoms with van der Waals surface area (Å²) in [6.45, 7) is 0.977. The molecule has 0 radical (unpaired) electrons. The second-order valence-electron chi connectivity index (χ2n) is 10.9. The van der Waals surface area contributed by atoms with Crippen molar-refractivity contribution in [1.82, 2.24) is 0 Å². The van der Waals surface area contributed by atoms with Crippen LogP contribution in [0.25, 0.3) is 5.57 Å². The Bertz CT molecular complexity index is 1640. The number of Topliss-reactive ketones (excluding diaryl/α,β-unsaturated/α-hetero) is 1. The van der Waals surface area contributed by atoms with Crippen LogP contribution in [0.15, 0.2) is 103 Å². The highest BCUT2D eigenvalue weighted by Gasteiger charge is 2.47. The molecule has 1 heterocycles. The van der Waals surface area contributed by atoms with E-state index < -0.39 is 12.0 Å². The first-order valence-electron chi connectivity index (χ1n) is 14.5. The number of hydrogen-bond acceptors (Lipinski definition) is 5. The zero-order chi connectivity index (χ0) is 30.5. The van der Waals surface area contributed by atoms with E-state index in [1.165, 1.54) is 0 Å². The molecule has 6 rings (SSSR count). The Balaban J connectivity index is 1.18. The van der Waals surface area contributed by atoms with E-state index in [1.807, 2.05) is 97.1 Å². The van der Waals surface area contributed by atoms with Gasteiger partial charge in [0.25, 0.3) is 0 Å². The fourth-order valence-electron chi connectivity index (χ4n) is 5.68. The van der Waals surface area contributed by atoms with Crippen LogP contribution in [0, 0.1) is 5.92 Å². The van der Waals surface area contributed by atoms with E-state index in [0.29, 0.717) is 52.4 Å². The lowest BCUT2D eigenvalue weighted by Crippen LogP contribution is -2.50. The molecule has 226 valence electrons. The summed E-state index contributed by atoms with van der Waals surface area (Å²) in [6.07, 6.45) is 1.67. The minimum atomic E-state index is -0.492. The number of fused-ring (bicyclic) bond motifs is 1. The summed E-state index contributed by atoms with van der Waals surface area (Å²) in [5.74, 6) is 0.168. The maximum absolute atomic E-state index is 14.1. The van der Waals surface area contributed by atoms with Gasteiger partial charge in [-0.2, -0.15) is 0 Å². The fraction of sp³-hybridized carbons (Fsp3) is 0.250. The third-order valence-electron chi connectivity index (χ3n) is 8.08. The minimum Gasteiger partial charge on any atom is -0.496 e. The highest BCUT2D eigenvalue weighted by Crippen LogP contribution is 2.40. The van der Waals surface area contributed by atoms with Gasteiger partial charge in [0.2, 0.25) is 0 Å². The number of carbonyl (C=O) groups excluding carboxylic acids is 1. The molecular formula is C36H31Cl3O5. The topological polar surface area (TPSA) is 54.0 Å². The first-order chi connectivity index (χ1) is 21.5. The summed E-state index contributed by atoms with van der Waals surface area (Å²) in [6, 6.07) is 30.2. The molecule has 1 aliphatic carbocycles. The summed E-state index contributed by atoms with van der Waals surface area (Å²) in [7, 11) is 0. The van der Waals surface area contributed by atoms with Crippen LogP contribution in [0.1, 0.15) is 35.1 Å². The number of benzene rings is 4. The molecule has 44 heavy (non-hydrogen) atoms. The van der Waals surface area contributed by atoms with E-state index >= 15 is 0 Å². The van der Waals surface area contributed by atoms with Crippen molar-refractivity contribution in [1.29, 1.82) is 0 Å². The first kappa shape index (κ1) is 30.7. The Kier molecular flexibility index (Phi) is 9.90. The Morgan fingerprint density at radius 2 is 1.20 bits per heavy atom. The van der Waals surface area contributed by atoms with Crippen LogP contribution >= 0.6 is 34.8 Å². The lowest BCUT2D eigenvalue weighted by Gasteiger charge is -2.42. The summed E-state index contributed by atoms with van der Waals surface area (Å²) in [4.78, 5) is 14.1. The van der Waals surface area contributed by atoms with Crippen LogP contribution in [-0.2, 0) is 38.8 Å². The Labute approximate surface area is 272 Å². The zero-order valence-electron chi connectivity index (χ0n) is 23.8. The van der Waals surface area contributed by atoms with Crippen molar-refractivity contribution in [2.45, 2.75) is 51.0 Å². The summed E-state index contributed by atoms with van der Waals surface area (Å²) < 4.78 is 24.9. The van der Waals surface area contributed by atoms with Crippen molar-refractivity contribution in [3.63, 3.8) is 0 Å². The third-order valence-corrected chi connectivity index (χ3v) is 9.19. The number of halogens is 3. The average Bonchev–Trinajstić information content (AvgIpc) is 3.04. The van der Waals surface area contributed by atoms with Gasteiger partial charge in [0.15, 0.2) is 5.78 Å². The van der Waals surface area contributed by atoms with Gasteiger partial charge >= 0.3 is 0 Å². The maximum atomic E-state index is 14.1. The first-order valence-corrected chi connectivity index (χ1v) is 15.7. The van der Waals surface area contributed by atoms with Crippen LogP contribution in [-0.4, -0.2) is 24.1 Å². The molecule has 4 aromatic rings. The molecular weight excluding hydrogens is 619 g/mol. The molecule has 1 fully saturated rings. The van der Waals surface area contributed by atoms with Gasteiger partial charge in [0, 0.05) is 33.5 Å². The van der Waals surface area contributed by atoms with Crippen molar-refractivity contribution in [3.05, 3.63) is 141 Å². The lowest BCUT2D eigenvalue weighted by molar-refractivity contribution is -0.151. The fourth-order valence-corrected chi connectivity index (χ4v) is 6.25. The van der Waals surface area contributed by atoms with Crippen LogP contribution in [0.2, 0.25) is 15.1 Å². The highest BCUT2D eigenvalue weighted by molar-refractivity contribution is 6.32. The molecule has 4 unspecified atom stereocenters. The largest absolute Gasteiger partial charge is 0.496 e. The number of ketones is 1. The van der Waals surface area contributed by atoms with Crippen LogP contribution in [0.4, 0.5) is 0 Å². The van der Waals surface area contributed by atoms with E-state index in [-0.39, 0.29) is 24.6 Å². The summed E-state index contributed by atoms with van der Waals surface area (Å²) in [5.41, 5.74) is 3.92. The normalized spacial score (nSPS) is 21.2. The molecule has 2 aliphatic rings. The van der Waals surface area contributed by atoms with Crippen LogP contribution < -0.4 is 4.74 Å². The van der Waals surface area contributed by atoms with Gasteiger partial charge in [-0.05, 0) is 47.0 Å². The molecule has 0 amide bonds. The van der Waals surface area contributed by atoms with E-state index in [4.69, 9.17) is 53.8 Å². The van der Waals surface area contributed by atoms with E-state index in [1.54, 1.807) is 6.26 Å². The smallest absolute Gasteiger partial charge is 0.175 e. The average molecular weight is 650 g/mol. The minimum absolute atomic E-state index is 0.0142. The molecule has 4 aromatic carbocycles. The quantitative estimate of drug-likeness (QED) is 0.172. The molecule has 0 N–H and O–H groups in total. The van der Waals surface area contributed by atoms with Crippen LogP contribution in [0.3, 0.4) is 0 Å². The number of carbonyl (C=O) groups is 1. The molecule has 0 aromatic heterocycles. The summed E-state index contributed by atoms with van der Waals surface area (Å²) >= 11 is 19.0. The van der Waals surface area contributed by atoms with E-state index in [2.05, 4.69) is 0 Å². The Hall–Kier alpha value is -3.32.